The van der Waals surface area contributed by atoms with E-state index in [9.17, 15) is 4.79 Å². The zero-order chi connectivity index (χ0) is 12.4. The Balaban J connectivity index is 1.70. The van der Waals surface area contributed by atoms with Gasteiger partial charge in [0.05, 0.1) is 18.7 Å². The molecule has 0 aromatic carbocycles. The summed E-state index contributed by atoms with van der Waals surface area (Å²) < 4.78 is 0. The van der Waals surface area contributed by atoms with Crippen LogP contribution in [-0.4, -0.2) is 20.8 Å². The third kappa shape index (κ3) is 2.09. The Morgan fingerprint density at radius 3 is 2.89 bits per heavy atom. The second-order valence-corrected chi connectivity index (χ2v) is 4.40. The summed E-state index contributed by atoms with van der Waals surface area (Å²) in [7, 11) is 0. The third-order valence-electron chi connectivity index (χ3n) is 3.12. The zero-order valence-corrected chi connectivity index (χ0v) is 9.91. The smallest absolute Gasteiger partial charge is 0.227 e. The highest BCUT2D eigenvalue weighted by atomic mass is 16.2. The maximum atomic E-state index is 12.2. The number of hydrogen-bond donors (Lipinski definition) is 0. The minimum atomic E-state index is 0.126. The van der Waals surface area contributed by atoms with Gasteiger partial charge in [-0.15, -0.1) is 0 Å². The number of carbonyl (C=O) groups is 1. The van der Waals surface area contributed by atoms with Crippen LogP contribution in [0.3, 0.4) is 0 Å². The van der Waals surface area contributed by atoms with Crippen LogP contribution in [0.5, 0.6) is 0 Å². The number of rotatable bonds is 2. The van der Waals surface area contributed by atoms with Crippen LogP contribution in [0.15, 0.2) is 42.9 Å². The molecule has 0 spiro atoms. The maximum absolute atomic E-state index is 12.2. The molecule has 0 unspecified atom stereocenters. The van der Waals surface area contributed by atoms with Crippen molar-refractivity contribution in [3.63, 3.8) is 0 Å². The van der Waals surface area contributed by atoms with Gasteiger partial charge in [0.15, 0.2) is 0 Å². The normalized spacial score (nSPS) is 13.4. The Bertz CT molecular complexity index is 543. The van der Waals surface area contributed by atoms with Crippen molar-refractivity contribution in [2.75, 3.05) is 0 Å². The van der Waals surface area contributed by atoms with Crippen molar-refractivity contribution in [1.29, 1.82) is 0 Å². The summed E-state index contributed by atoms with van der Waals surface area (Å²) in [5, 5.41) is 0. The highest BCUT2D eigenvalue weighted by molar-refractivity contribution is 5.79. The summed E-state index contributed by atoms with van der Waals surface area (Å²) in [5.74, 6) is 0.126. The Morgan fingerprint density at radius 2 is 2.11 bits per heavy atom. The molecule has 2 aromatic heterocycles. The second-order valence-electron chi connectivity index (χ2n) is 4.40. The molecule has 4 heteroatoms. The molecule has 18 heavy (non-hydrogen) atoms. The van der Waals surface area contributed by atoms with Crippen LogP contribution in [0, 0.1) is 0 Å². The first-order valence-corrected chi connectivity index (χ1v) is 5.92. The van der Waals surface area contributed by atoms with E-state index in [4.69, 9.17) is 0 Å². The first kappa shape index (κ1) is 10.9. The van der Waals surface area contributed by atoms with Crippen LogP contribution in [0.25, 0.3) is 0 Å². The van der Waals surface area contributed by atoms with Crippen LogP contribution < -0.4 is 0 Å². The van der Waals surface area contributed by atoms with Gasteiger partial charge in [-0.1, -0.05) is 12.1 Å². The molecule has 0 aliphatic carbocycles. The monoisotopic (exact) mass is 239 g/mol. The van der Waals surface area contributed by atoms with Crippen molar-refractivity contribution in [2.45, 2.75) is 19.5 Å². The van der Waals surface area contributed by atoms with E-state index in [-0.39, 0.29) is 5.91 Å². The van der Waals surface area contributed by atoms with Gasteiger partial charge in [0.2, 0.25) is 5.91 Å². The quantitative estimate of drug-likeness (QED) is 0.799. The highest BCUT2D eigenvalue weighted by Gasteiger charge is 2.23. The Morgan fingerprint density at radius 1 is 1.22 bits per heavy atom. The van der Waals surface area contributed by atoms with Gasteiger partial charge in [-0.05, 0) is 23.3 Å². The lowest BCUT2D eigenvalue weighted by atomic mass is 10.2. The van der Waals surface area contributed by atoms with E-state index >= 15 is 0 Å². The minimum Gasteiger partial charge on any atom is -0.332 e. The molecule has 0 atom stereocenters. The van der Waals surface area contributed by atoms with Gasteiger partial charge >= 0.3 is 0 Å². The fourth-order valence-electron chi connectivity index (χ4n) is 2.17. The average molecular weight is 239 g/mol. The van der Waals surface area contributed by atoms with E-state index in [1.54, 1.807) is 18.6 Å². The van der Waals surface area contributed by atoms with Gasteiger partial charge in [0.25, 0.3) is 0 Å². The van der Waals surface area contributed by atoms with Crippen LogP contribution in [0.2, 0.25) is 0 Å². The molecular formula is C14H13N3O. The van der Waals surface area contributed by atoms with Crippen molar-refractivity contribution in [2.24, 2.45) is 0 Å². The molecule has 1 aliphatic rings. The van der Waals surface area contributed by atoms with Crippen LogP contribution in [0.1, 0.15) is 16.8 Å². The predicted octanol–water partition coefficient (Wildman–Crippen LogP) is 1.56. The number of fused-ring (bicyclic) bond motifs is 1. The van der Waals surface area contributed by atoms with Crippen molar-refractivity contribution in [3.05, 3.63) is 59.7 Å². The van der Waals surface area contributed by atoms with E-state index in [0.717, 1.165) is 16.8 Å². The van der Waals surface area contributed by atoms with E-state index in [1.165, 1.54) is 0 Å². The van der Waals surface area contributed by atoms with Crippen molar-refractivity contribution < 1.29 is 4.79 Å². The molecule has 4 nitrogen and oxygen atoms in total. The molecule has 0 fully saturated rings. The largest absolute Gasteiger partial charge is 0.332 e. The molecule has 3 rings (SSSR count). The molecule has 0 bridgehead atoms. The highest BCUT2D eigenvalue weighted by Crippen LogP contribution is 2.20. The van der Waals surface area contributed by atoms with E-state index in [0.29, 0.717) is 19.5 Å². The first-order chi connectivity index (χ1) is 8.83. The topological polar surface area (TPSA) is 46.1 Å². The van der Waals surface area contributed by atoms with Crippen molar-refractivity contribution in [1.82, 2.24) is 14.9 Å². The summed E-state index contributed by atoms with van der Waals surface area (Å²) >= 11 is 0. The van der Waals surface area contributed by atoms with Gasteiger partial charge in [-0.2, -0.15) is 0 Å². The van der Waals surface area contributed by atoms with Gasteiger partial charge < -0.3 is 4.90 Å². The van der Waals surface area contributed by atoms with Gasteiger partial charge in [0, 0.05) is 25.1 Å². The summed E-state index contributed by atoms with van der Waals surface area (Å²) in [6.45, 7) is 1.29. The van der Waals surface area contributed by atoms with Crippen LogP contribution >= 0.6 is 0 Å². The second kappa shape index (κ2) is 4.56. The summed E-state index contributed by atoms with van der Waals surface area (Å²) in [4.78, 5) is 22.3. The maximum Gasteiger partial charge on any atom is 0.227 e. The summed E-state index contributed by atoms with van der Waals surface area (Å²) in [5.41, 5.74) is 3.11. The van der Waals surface area contributed by atoms with Crippen molar-refractivity contribution >= 4 is 5.91 Å². The SMILES string of the molecule is O=C(Cc1cccnc1)N1Cc2cccnc2C1. The molecular weight excluding hydrogens is 226 g/mol. The molecule has 1 aliphatic heterocycles. The standard InChI is InChI=1S/C14H13N3O/c18-14(7-11-3-1-5-15-8-11)17-9-12-4-2-6-16-13(12)10-17/h1-6,8H,7,9-10H2. The third-order valence-corrected chi connectivity index (χ3v) is 3.12. The van der Waals surface area contributed by atoms with Gasteiger partial charge in [-0.3, -0.25) is 14.8 Å². The van der Waals surface area contributed by atoms with Crippen molar-refractivity contribution in [3.8, 4) is 0 Å². The molecule has 90 valence electrons. The van der Waals surface area contributed by atoms with E-state index in [1.807, 2.05) is 29.2 Å². The average Bonchev–Trinajstić information content (AvgIpc) is 2.84. The molecule has 2 aromatic rings. The number of amides is 1. The van der Waals surface area contributed by atoms with Crippen LogP contribution in [0.4, 0.5) is 0 Å². The van der Waals surface area contributed by atoms with E-state index < -0.39 is 0 Å². The first-order valence-electron chi connectivity index (χ1n) is 5.92. The lowest BCUT2D eigenvalue weighted by molar-refractivity contribution is -0.131. The summed E-state index contributed by atoms with van der Waals surface area (Å²) in [6, 6.07) is 7.71. The number of hydrogen-bond acceptors (Lipinski definition) is 3. The summed E-state index contributed by atoms with van der Waals surface area (Å²) in [6.07, 6.45) is 5.62. The lowest BCUT2D eigenvalue weighted by Crippen LogP contribution is -2.27. The number of carbonyl (C=O) groups excluding carboxylic acids is 1. The van der Waals surface area contributed by atoms with Gasteiger partial charge in [0.1, 0.15) is 0 Å². The molecule has 0 radical (unpaired) electrons. The molecule has 0 saturated heterocycles. The Labute approximate surface area is 105 Å². The van der Waals surface area contributed by atoms with Crippen LogP contribution in [-0.2, 0) is 24.3 Å². The lowest BCUT2D eigenvalue weighted by Gasteiger charge is -2.14. The number of nitrogens with zero attached hydrogens (tertiary/aromatic N) is 3. The van der Waals surface area contributed by atoms with E-state index in [2.05, 4.69) is 9.97 Å². The number of aromatic nitrogens is 2. The Hall–Kier alpha value is -2.23. The minimum absolute atomic E-state index is 0.126. The fourth-order valence-corrected chi connectivity index (χ4v) is 2.17. The fraction of sp³-hybridized carbons (Fsp3) is 0.214. The number of pyridine rings is 2. The Kier molecular flexibility index (Phi) is 2.76. The molecule has 0 N–H and O–H groups in total. The molecule has 1 amide bonds. The molecule has 0 saturated carbocycles. The molecule has 3 heterocycles. The zero-order valence-electron chi connectivity index (χ0n) is 9.91. The predicted molar refractivity (Wildman–Crippen MR) is 66.4 cm³/mol. The van der Waals surface area contributed by atoms with Gasteiger partial charge in [-0.25, -0.2) is 0 Å².